The van der Waals surface area contributed by atoms with Gasteiger partial charge >= 0.3 is 0 Å². The standard InChI is InChI=1S/C22H28N4O5/c1-29-17-10-16(11-18(30-2)21(17)31-14-19(23)27)22(28)25-13-15-6-7-20(24-12-15)26-8-4-3-5-9-26/h6-7,10-12H,3-5,8-9,13-14H2,1-2H3,(H2,23,27)(H,25,28). The van der Waals surface area contributed by atoms with E-state index in [9.17, 15) is 9.59 Å². The number of benzene rings is 1. The van der Waals surface area contributed by atoms with Gasteiger partial charge in [-0.3, -0.25) is 9.59 Å². The zero-order valence-corrected chi connectivity index (χ0v) is 17.8. The highest BCUT2D eigenvalue weighted by atomic mass is 16.5. The quantitative estimate of drug-likeness (QED) is 0.626. The predicted molar refractivity (Wildman–Crippen MR) is 116 cm³/mol. The predicted octanol–water partition coefficient (Wildman–Crippen LogP) is 1.88. The average molecular weight is 428 g/mol. The number of ether oxygens (including phenoxy) is 3. The highest BCUT2D eigenvalue weighted by molar-refractivity contribution is 5.95. The molecule has 0 bridgehead atoms. The Morgan fingerprint density at radius 2 is 1.77 bits per heavy atom. The van der Waals surface area contributed by atoms with Gasteiger partial charge in [-0.15, -0.1) is 0 Å². The van der Waals surface area contributed by atoms with Gasteiger partial charge < -0.3 is 30.2 Å². The molecule has 2 amide bonds. The molecular weight excluding hydrogens is 400 g/mol. The summed E-state index contributed by atoms with van der Waals surface area (Å²) in [6, 6.07) is 7.00. The van der Waals surface area contributed by atoms with Crippen LogP contribution in [-0.2, 0) is 11.3 Å². The molecule has 31 heavy (non-hydrogen) atoms. The van der Waals surface area contributed by atoms with E-state index in [-0.39, 0.29) is 29.8 Å². The molecule has 3 rings (SSSR count). The summed E-state index contributed by atoms with van der Waals surface area (Å²) in [4.78, 5) is 30.5. The molecule has 3 N–H and O–H groups in total. The number of hydrogen-bond acceptors (Lipinski definition) is 7. The zero-order valence-electron chi connectivity index (χ0n) is 17.8. The summed E-state index contributed by atoms with van der Waals surface area (Å²) >= 11 is 0. The van der Waals surface area contributed by atoms with E-state index in [4.69, 9.17) is 19.9 Å². The van der Waals surface area contributed by atoms with Crippen LogP contribution in [0.3, 0.4) is 0 Å². The van der Waals surface area contributed by atoms with Gasteiger partial charge in [-0.2, -0.15) is 0 Å². The number of primary amides is 1. The number of carbonyl (C=O) groups is 2. The van der Waals surface area contributed by atoms with Crippen LogP contribution in [0.1, 0.15) is 35.2 Å². The molecule has 1 aliphatic rings. The number of anilines is 1. The van der Waals surface area contributed by atoms with Gasteiger partial charge in [0.2, 0.25) is 5.75 Å². The van der Waals surface area contributed by atoms with Crippen molar-refractivity contribution < 1.29 is 23.8 Å². The smallest absolute Gasteiger partial charge is 0.255 e. The minimum Gasteiger partial charge on any atom is -0.493 e. The van der Waals surface area contributed by atoms with E-state index >= 15 is 0 Å². The van der Waals surface area contributed by atoms with E-state index in [1.54, 1.807) is 6.20 Å². The molecule has 0 atom stereocenters. The molecule has 1 aromatic heterocycles. The Hall–Kier alpha value is -3.49. The van der Waals surface area contributed by atoms with Gasteiger partial charge in [0.1, 0.15) is 5.82 Å². The summed E-state index contributed by atoms with van der Waals surface area (Å²) in [6.45, 7) is 2.06. The van der Waals surface area contributed by atoms with E-state index in [2.05, 4.69) is 15.2 Å². The topological polar surface area (TPSA) is 116 Å². The summed E-state index contributed by atoms with van der Waals surface area (Å²) in [5.41, 5.74) is 6.36. The van der Waals surface area contributed by atoms with Crippen LogP contribution in [0.15, 0.2) is 30.5 Å². The number of pyridine rings is 1. The molecule has 9 nitrogen and oxygen atoms in total. The lowest BCUT2D eigenvalue weighted by molar-refractivity contribution is -0.120. The van der Waals surface area contributed by atoms with Gasteiger partial charge in [-0.05, 0) is 43.0 Å². The second-order valence-electron chi connectivity index (χ2n) is 7.22. The Bertz CT molecular complexity index is 886. The first kappa shape index (κ1) is 22.2. The van der Waals surface area contributed by atoms with Crippen LogP contribution < -0.4 is 30.2 Å². The number of amides is 2. The van der Waals surface area contributed by atoms with Gasteiger partial charge in [0.25, 0.3) is 11.8 Å². The highest BCUT2D eigenvalue weighted by Gasteiger charge is 2.18. The minimum atomic E-state index is -0.633. The van der Waals surface area contributed by atoms with E-state index < -0.39 is 5.91 Å². The van der Waals surface area contributed by atoms with Crippen molar-refractivity contribution >= 4 is 17.6 Å². The summed E-state index contributed by atoms with van der Waals surface area (Å²) in [7, 11) is 2.87. The number of nitrogens with zero attached hydrogens (tertiary/aromatic N) is 2. The van der Waals surface area contributed by atoms with E-state index in [0.717, 1.165) is 24.5 Å². The summed E-state index contributed by atoms with van der Waals surface area (Å²) in [5.74, 6) is 0.759. The second kappa shape index (κ2) is 10.5. The van der Waals surface area contributed by atoms with Crippen LogP contribution in [-0.4, -0.2) is 50.7 Å². The van der Waals surface area contributed by atoms with Crippen molar-refractivity contribution in [3.8, 4) is 17.2 Å². The first-order valence-electron chi connectivity index (χ1n) is 10.2. The third kappa shape index (κ3) is 5.78. The van der Waals surface area contributed by atoms with Crippen molar-refractivity contribution in [2.24, 2.45) is 5.73 Å². The molecule has 0 spiro atoms. The lowest BCUT2D eigenvalue weighted by atomic mass is 10.1. The molecule has 0 saturated carbocycles. The fourth-order valence-corrected chi connectivity index (χ4v) is 3.41. The summed E-state index contributed by atoms with van der Waals surface area (Å²) < 4.78 is 16.0. The number of rotatable bonds is 9. The lowest BCUT2D eigenvalue weighted by Crippen LogP contribution is -2.30. The first-order chi connectivity index (χ1) is 15.0. The number of nitrogens with two attached hydrogens (primary N) is 1. The van der Waals surface area contributed by atoms with Crippen LogP contribution in [0.5, 0.6) is 17.2 Å². The van der Waals surface area contributed by atoms with Crippen LogP contribution >= 0.6 is 0 Å². The second-order valence-corrected chi connectivity index (χ2v) is 7.22. The summed E-state index contributed by atoms with van der Waals surface area (Å²) in [6.07, 6.45) is 5.44. The molecule has 2 heterocycles. The van der Waals surface area contributed by atoms with Gasteiger partial charge in [0.15, 0.2) is 18.1 Å². The van der Waals surface area contributed by atoms with Crippen LogP contribution in [0.2, 0.25) is 0 Å². The Balaban J connectivity index is 1.66. The van der Waals surface area contributed by atoms with E-state index in [0.29, 0.717) is 12.1 Å². The van der Waals surface area contributed by atoms with Crippen LogP contribution in [0.4, 0.5) is 5.82 Å². The van der Waals surface area contributed by atoms with Crippen molar-refractivity contribution in [2.75, 3.05) is 38.8 Å². The van der Waals surface area contributed by atoms with Gasteiger partial charge in [0.05, 0.1) is 14.2 Å². The Morgan fingerprint density at radius 1 is 1.10 bits per heavy atom. The van der Waals surface area contributed by atoms with Crippen LogP contribution in [0, 0.1) is 0 Å². The fourth-order valence-electron chi connectivity index (χ4n) is 3.41. The largest absolute Gasteiger partial charge is 0.493 e. The first-order valence-corrected chi connectivity index (χ1v) is 10.2. The third-order valence-corrected chi connectivity index (χ3v) is 5.02. The van der Waals surface area contributed by atoms with Crippen molar-refractivity contribution in [1.82, 2.24) is 10.3 Å². The maximum atomic E-state index is 12.7. The Morgan fingerprint density at radius 3 is 2.32 bits per heavy atom. The number of carbonyl (C=O) groups excluding carboxylic acids is 2. The molecule has 1 aliphatic heterocycles. The maximum Gasteiger partial charge on any atom is 0.255 e. The molecule has 1 saturated heterocycles. The Kier molecular flexibility index (Phi) is 7.53. The average Bonchev–Trinajstić information content (AvgIpc) is 2.81. The molecule has 1 aromatic carbocycles. The molecule has 0 radical (unpaired) electrons. The summed E-state index contributed by atoms with van der Waals surface area (Å²) in [5, 5.41) is 2.87. The SMILES string of the molecule is COc1cc(C(=O)NCc2ccc(N3CCCCC3)nc2)cc(OC)c1OCC(N)=O. The fraction of sp³-hybridized carbons (Fsp3) is 0.409. The lowest BCUT2D eigenvalue weighted by Gasteiger charge is -2.27. The molecule has 0 unspecified atom stereocenters. The third-order valence-electron chi connectivity index (χ3n) is 5.02. The van der Waals surface area contributed by atoms with Gasteiger partial charge in [-0.1, -0.05) is 6.07 Å². The normalized spacial score (nSPS) is 13.4. The number of hydrogen-bond donors (Lipinski definition) is 2. The highest BCUT2D eigenvalue weighted by Crippen LogP contribution is 2.38. The number of aromatic nitrogens is 1. The van der Waals surface area contributed by atoms with Gasteiger partial charge in [0, 0.05) is 31.4 Å². The maximum absolute atomic E-state index is 12.7. The minimum absolute atomic E-state index is 0.206. The van der Waals surface area contributed by atoms with Crippen molar-refractivity contribution in [3.05, 3.63) is 41.6 Å². The van der Waals surface area contributed by atoms with E-state index in [1.807, 2.05) is 12.1 Å². The Labute approximate surface area is 181 Å². The van der Waals surface area contributed by atoms with E-state index in [1.165, 1.54) is 45.6 Å². The molecule has 1 fully saturated rings. The van der Waals surface area contributed by atoms with Crippen molar-refractivity contribution in [1.29, 1.82) is 0 Å². The molecule has 2 aromatic rings. The van der Waals surface area contributed by atoms with Crippen molar-refractivity contribution in [2.45, 2.75) is 25.8 Å². The van der Waals surface area contributed by atoms with Crippen molar-refractivity contribution in [3.63, 3.8) is 0 Å². The molecular formula is C22H28N4O5. The molecule has 0 aliphatic carbocycles. The van der Waals surface area contributed by atoms with Crippen LogP contribution in [0.25, 0.3) is 0 Å². The number of nitrogens with one attached hydrogen (secondary N) is 1. The van der Waals surface area contributed by atoms with Gasteiger partial charge in [-0.25, -0.2) is 4.98 Å². The molecule has 9 heteroatoms. The number of methoxy groups -OCH3 is 2. The molecule has 166 valence electrons. The monoisotopic (exact) mass is 428 g/mol. The zero-order chi connectivity index (χ0) is 22.2. The number of piperidine rings is 1.